The molecule has 0 saturated heterocycles. The zero-order valence-corrected chi connectivity index (χ0v) is 8.60. The summed E-state index contributed by atoms with van der Waals surface area (Å²) in [5.74, 6) is -1.32. The Hall–Kier alpha value is -1.23. The van der Waals surface area contributed by atoms with Gasteiger partial charge in [0.1, 0.15) is 0 Å². The lowest BCUT2D eigenvalue weighted by atomic mass is 10.0. The lowest BCUT2D eigenvalue weighted by Crippen LogP contribution is -2.30. The second-order valence-electron chi connectivity index (χ2n) is 3.26. The average Bonchev–Trinajstić information content (AvgIpc) is 2.64. The first-order valence-corrected chi connectivity index (χ1v) is 4.59. The lowest BCUT2D eigenvalue weighted by Gasteiger charge is -2.21. The molecular formula is C11H12O4. The number of rotatable bonds is 3. The van der Waals surface area contributed by atoms with Crippen molar-refractivity contribution in [2.24, 2.45) is 0 Å². The van der Waals surface area contributed by atoms with Gasteiger partial charge in [-0.3, -0.25) is 4.79 Å². The number of benzene rings is 1. The molecule has 0 aromatic heterocycles. The molecule has 0 fully saturated rings. The Bertz CT molecular complexity index is 377. The van der Waals surface area contributed by atoms with Crippen LogP contribution in [0.15, 0.2) is 24.3 Å². The van der Waals surface area contributed by atoms with E-state index in [0.29, 0.717) is 11.8 Å². The highest BCUT2D eigenvalue weighted by Gasteiger charge is 2.45. The number of aldehydes is 1. The third-order valence-corrected chi connectivity index (χ3v) is 2.54. The number of ether oxygens (including phenoxy) is 3. The van der Waals surface area contributed by atoms with Crippen LogP contribution in [0.2, 0.25) is 0 Å². The Balaban J connectivity index is 2.54. The molecule has 15 heavy (non-hydrogen) atoms. The highest BCUT2D eigenvalue weighted by molar-refractivity contribution is 5.66. The Morgan fingerprint density at radius 1 is 1.40 bits per heavy atom. The van der Waals surface area contributed by atoms with Gasteiger partial charge < -0.3 is 14.2 Å². The molecule has 1 aliphatic heterocycles. The van der Waals surface area contributed by atoms with Crippen LogP contribution in [0.1, 0.15) is 17.4 Å². The molecule has 0 amide bonds. The quantitative estimate of drug-likeness (QED) is 0.703. The summed E-state index contributed by atoms with van der Waals surface area (Å²) in [7, 11) is 2.96. The minimum Gasteiger partial charge on any atom is -0.352 e. The fraction of sp³-hybridized carbons (Fsp3) is 0.364. The van der Waals surface area contributed by atoms with Crippen molar-refractivity contribution < 1.29 is 19.0 Å². The molecule has 2 rings (SSSR count). The first-order valence-electron chi connectivity index (χ1n) is 4.59. The zero-order chi connectivity index (χ0) is 10.9. The largest absolute Gasteiger partial charge is 0.352 e. The lowest BCUT2D eigenvalue weighted by molar-refractivity contribution is -0.267. The standard InChI is InChI=1S/C11H12O4/c1-13-10-8-5-3-4-6-9(8)11(7-12,14-2)15-10/h3-7,10H,1-2H3. The maximum atomic E-state index is 11.1. The van der Waals surface area contributed by atoms with E-state index in [1.54, 1.807) is 6.07 Å². The Labute approximate surface area is 87.8 Å². The number of methoxy groups -OCH3 is 2. The predicted octanol–water partition coefficient (Wildman–Crippen LogP) is 1.36. The second kappa shape index (κ2) is 3.73. The Kier molecular flexibility index (Phi) is 2.56. The minimum atomic E-state index is -1.32. The van der Waals surface area contributed by atoms with E-state index >= 15 is 0 Å². The van der Waals surface area contributed by atoms with E-state index in [1.165, 1.54) is 14.2 Å². The van der Waals surface area contributed by atoms with Crippen molar-refractivity contribution >= 4 is 6.29 Å². The van der Waals surface area contributed by atoms with Crippen molar-refractivity contribution in [1.82, 2.24) is 0 Å². The molecule has 2 atom stereocenters. The molecule has 1 aromatic rings. The zero-order valence-electron chi connectivity index (χ0n) is 8.60. The summed E-state index contributed by atoms with van der Waals surface area (Å²) in [6, 6.07) is 7.35. The van der Waals surface area contributed by atoms with E-state index in [4.69, 9.17) is 14.2 Å². The second-order valence-corrected chi connectivity index (χ2v) is 3.26. The number of hydrogen-bond acceptors (Lipinski definition) is 4. The van der Waals surface area contributed by atoms with Crippen molar-refractivity contribution in [3.63, 3.8) is 0 Å². The summed E-state index contributed by atoms with van der Waals surface area (Å²) in [4.78, 5) is 11.1. The Morgan fingerprint density at radius 3 is 2.73 bits per heavy atom. The monoisotopic (exact) mass is 208 g/mol. The van der Waals surface area contributed by atoms with Crippen LogP contribution >= 0.6 is 0 Å². The Morgan fingerprint density at radius 2 is 2.13 bits per heavy atom. The van der Waals surface area contributed by atoms with Gasteiger partial charge in [0, 0.05) is 25.3 Å². The van der Waals surface area contributed by atoms with Gasteiger partial charge in [0.05, 0.1) is 0 Å². The van der Waals surface area contributed by atoms with Crippen LogP contribution in [-0.2, 0) is 24.8 Å². The van der Waals surface area contributed by atoms with Gasteiger partial charge >= 0.3 is 0 Å². The normalized spacial score (nSPS) is 28.8. The topological polar surface area (TPSA) is 44.8 Å². The highest BCUT2D eigenvalue weighted by atomic mass is 16.8. The van der Waals surface area contributed by atoms with Gasteiger partial charge in [-0.1, -0.05) is 24.3 Å². The number of fused-ring (bicyclic) bond motifs is 1. The van der Waals surface area contributed by atoms with Crippen LogP contribution in [0.4, 0.5) is 0 Å². The molecule has 1 aromatic carbocycles. The molecule has 0 aliphatic carbocycles. The molecule has 0 bridgehead atoms. The van der Waals surface area contributed by atoms with Crippen LogP contribution in [0.3, 0.4) is 0 Å². The van der Waals surface area contributed by atoms with Gasteiger partial charge in [-0.15, -0.1) is 0 Å². The summed E-state index contributed by atoms with van der Waals surface area (Å²) in [5, 5.41) is 0. The third kappa shape index (κ3) is 1.38. The van der Waals surface area contributed by atoms with Crippen molar-refractivity contribution in [3.05, 3.63) is 35.4 Å². The van der Waals surface area contributed by atoms with Gasteiger partial charge in [-0.05, 0) is 0 Å². The SMILES string of the molecule is COC1OC(C=O)(OC)c2ccccc21. The van der Waals surface area contributed by atoms with Crippen molar-refractivity contribution in [3.8, 4) is 0 Å². The maximum absolute atomic E-state index is 11.1. The van der Waals surface area contributed by atoms with E-state index in [9.17, 15) is 4.79 Å². The molecule has 4 heteroatoms. The molecule has 0 saturated carbocycles. The van der Waals surface area contributed by atoms with Gasteiger partial charge in [0.25, 0.3) is 5.79 Å². The van der Waals surface area contributed by atoms with Gasteiger partial charge in [-0.25, -0.2) is 0 Å². The molecule has 4 nitrogen and oxygen atoms in total. The molecule has 0 radical (unpaired) electrons. The van der Waals surface area contributed by atoms with Crippen molar-refractivity contribution in [1.29, 1.82) is 0 Å². The van der Waals surface area contributed by atoms with Crippen molar-refractivity contribution in [2.45, 2.75) is 12.1 Å². The van der Waals surface area contributed by atoms with Crippen LogP contribution in [0, 0.1) is 0 Å². The fourth-order valence-electron chi connectivity index (χ4n) is 1.78. The number of carbonyl (C=O) groups excluding carboxylic acids is 1. The smallest absolute Gasteiger partial charge is 0.256 e. The molecule has 1 aliphatic rings. The van der Waals surface area contributed by atoms with Crippen LogP contribution < -0.4 is 0 Å². The van der Waals surface area contributed by atoms with E-state index in [0.717, 1.165) is 5.56 Å². The first kappa shape index (κ1) is 10.3. The molecule has 2 unspecified atom stereocenters. The average molecular weight is 208 g/mol. The maximum Gasteiger partial charge on any atom is 0.256 e. The van der Waals surface area contributed by atoms with Crippen LogP contribution in [-0.4, -0.2) is 20.5 Å². The van der Waals surface area contributed by atoms with Gasteiger partial charge in [0.2, 0.25) is 0 Å². The first-order chi connectivity index (χ1) is 7.27. The van der Waals surface area contributed by atoms with Crippen molar-refractivity contribution in [2.75, 3.05) is 14.2 Å². The van der Waals surface area contributed by atoms with Crippen LogP contribution in [0.5, 0.6) is 0 Å². The molecule has 80 valence electrons. The highest BCUT2D eigenvalue weighted by Crippen LogP contribution is 2.42. The number of carbonyl (C=O) groups is 1. The fourth-order valence-corrected chi connectivity index (χ4v) is 1.78. The van der Waals surface area contributed by atoms with Crippen LogP contribution in [0.25, 0.3) is 0 Å². The summed E-state index contributed by atoms with van der Waals surface area (Å²) >= 11 is 0. The third-order valence-electron chi connectivity index (χ3n) is 2.54. The van der Waals surface area contributed by atoms with Gasteiger partial charge in [-0.2, -0.15) is 0 Å². The van der Waals surface area contributed by atoms with E-state index in [-0.39, 0.29) is 0 Å². The summed E-state index contributed by atoms with van der Waals surface area (Å²) < 4.78 is 15.7. The molecule has 0 spiro atoms. The van der Waals surface area contributed by atoms with Gasteiger partial charge in [0.15, 0.2) is 12.6 Å². The summed E-state index contributed by atoms with van der Waals surface area (Å²) in [6.07, 6.45) is 0.0940. The predicted molar refractivity (Wildman–Crippen MR) is 52.0 cm³/mol. The summed E-state index contributed by atoms with van der Waals surface area (Å²) in [6.45, 7) is 0. The molecule has 0 N–H and O–H groups in total. The van der Waals surface area contributed by atoms with E-state index in [2.05, 4.69) is 0 Å². The number of hydrogen-bond donors (Lipinski definition) is 0. The van der Waals surface area contributed by atoms with E-state index < -0.39 is 12.1 Å². The molecular weight excluding hydrogens is 196 g/mol. The molecule has 1 heterocycles. The summed E-state index contributed by atoms with van der Waals surface area (Å²) in [5.41, 5.74) is 1.53. The van der Waals surface area contributed by atoms with E-state index in [1.807, 2.05) is 18.2 Å². The minimum absolute atomic E-state index is 0.550.